The molecule has 0 aromatic carbocycles. The zero-order valence-corrected chi connectivity index (χ0v) is 27.7. The van der Waals surface area contributed by atoms with Gasteiger partial charge < -0.3 is 29.5 Å². The van der Waals surface area contributed by atoms with Gasteiger partial charge in [-0.15, -0.1) is 34.0 Å². The first-order chi connectivity index (χ1) is 21.2. The van der Waals surface area contributed by atoms with Crippen molar-refractivity contribution in [2.45, 2.75) is 26.1 Å². The van der Waals surface area contributed by atoms with Crippen LogP contribution in [0.1, 0.15) is 23.6 Å². The zero-order valence-electron chi connectivity index (χ0n) is 24.4. The van der Waals surface area contributed by atoms with Crippen molar-refractivity contribution in [3.05, 3.63) is 80.1 Å². The maximum Gasteiger partial charge on any atom is 0.229 e. The van der Waals surface area contributed by atoms with Gasteiger partial charge in [0, 0.05) is 42.2 Å². The van der Waals surface area contributed by atoms with Crippen molar-refractivity contribution >= 4 is 78.2 Å². The van der Waals surface area contributed by atoms with Crippen LogP contribution in [0.15, 0.2) is 47.5 Å². The van der Waals surface area contributed by atoms with Gasteiger partial charge in [-0.05, 0) is 47.7 Å². The van der Waals surface area contributed by atoms with Gasteiger partial charge in [0.05, 0.1) is 58.3 Å². The fraction of sp³-hybridized carbons (Fsp3) is 0.312. The molecule has 0 saturated carbocycles. The molecule has 0 bridgehead atoms. The van der Waals surface area contributed by atoms with E-state index < -0.39 is 0 Å². The van der Waals surface area contributed by atoms with Crippen LogP contribution in [0.3, 0.4) is 0 Å². The van der Waals surface area contributed by atoms with Crippen molar-refractivity contribution in [1.29, 1.82) is 0 Å². The number of ether oxygens (including phenoxy) is 2. The van der Waals surface area contributed by atoms with Crippen molar-refractivity contribution in [2.75, 3.05) is 49.2 Å². The van der Waals surface area contributed by atoms with Gasteiger partial charge in [-0.1, -0.05) is 19.2 Å². The predicted octanol–water partition coefficient (Wildman–Crippen LogP) is 9.56. The molecule has 44 heavy (non-hydrogen) atoms. The summed E-state index contributed by atoms with van der Waals surface area (Å²) in [4.78, 5) is 14.2. The Kier molecular flexibility index (Phi) is 10.1. The molecule has 2 fully saturated rings. The van der Waals surface area contributed by atoms with Gasteiger partial charge in [-0.3, -0.25) is 0 Å². The zero-order chi connectivity index (χ0) is 31.4. The fourth-order valence-electron chi connectivity index (χ4n) is 5.30. The van der Waals surface area contributed by atoms with Crippen LogP contribution in [0.25, 0.3) is 42.8 Å². The molecule has 0 radical (unpaired) electrons. The predicted molar refractivity (Wildman–Crippen MR) is 186 cm³/mol. The molecular formula is C32H32N4O4S4. The number of hydrogen-bond donors (Lipinski definition) is 2. The van der Waals surface area contributed by atoms with Crippen molar-refractivity contribution in [3.8, 4) is 21.6 Å². The van der Waals surface area contributed by atoms with E-state index in [1.807, 2.05) is 48.2 Å². The minimum Gasteiger partial charge on any atom is -0.507 e. The number of rotatable bonds is 6. The maximum absolute atomic E-state index is 10.0. The Morgan fingerprint density at radius 2 is 1.48 bits per heavy atom. The second-order valence-corrected chi connectivity index (χ2v) is 14.0. The van der Waals surface area contributed by atoms with Crippen LogP contribution >= 0.6 is 45.3 Å². The van der Waals surface area contributed by atoms with Gasteiger partial charge in [0.2, 0.25) is 11.4 Å². The lowest BCUT2D eigenvalue weighted by Crippen LogP contribution is -2.45. The Labute approximate surface area is 273 Å². The minimum atomic E-state index is 0.0175. The normalized spacial score (nSPS) is 18.2. The molecule has 8 nitrogen and oxygen atoms in total. The highest BCUT2D eigenvalue weighted by Gasteiger charge is 2.30. The highest BCUT2D eigenvalue weighted by Crippen LogP contribution is 2.52. The largest absolute Gasteiger partial charge is 0.507 e. The minimum absolute atomic E-state index is 0.0175. The number of thiophene rings is 4. The van der Waals surface area contributed by atoms with Crippen LogP contribution in [0.5, 0.6) is 0 Å². The lowest BCUT2D eigenvalue weighted by Gasteiger charge is -2.36. The van der Waals surface area contributed by atoms with Crippen LogP contribution in [0, 0.1) is 13.1 Å². The van der Waals surface area contributed by atoms with Gasteiger partial charge in [0.15, 0.2) is 0 Å². The van der Waals surface area contributed by atoms with E-state index in [4.69, 9.17) is 22.6 Å². The SMILES string of the molecule is [C-]#[N+]c1c(N2CC(C)OC(C)C2)sc(C(=C)O)c1-c1cccs1.[C-]#[N+]c1c(N2CCOCC2)sc(C(=C)O)c1-c1ccsc1. The van der Waals surface area contributed by atoms with Gasteiger partial charge in [0.1, 0.15) is 11.5 Å². The second kappa shape index (κ2) is 14.0. The van der Waals surface area contributed by atoms with Crippen LogP contribution in [-0.4, -0.2) is 61.8 Å². The third kappa shape index (κ3) is 6.57. The van der Waals surface area contributed by atoms with E-state index in [0.717, 1.165) is 57.7 Å². The Bertz CT molecular complexity index is 1690. The number of morpholine rings is 2. The molecule has 228 valence electrons. The van der Waals surface area contributed by atoms with Crippen LogP contribution in [0.2, 0.25) is 0 Å². The summed E-state index contributed by atoms with van der Waals surface area (Å²) in [5.74, 6) is 0.0366. The monoisotopic (exact) mass is 664 g/mol. The van der Waals surface area contributed by atoms with E-state index in [2.05, 4.69) is 32.6 Å². The summed E-state index contributed by atoms with van der Waals surface area (Å²) in [6, 6.07) is 5.90. The van der Waals surface area contributed by atoms with E-state index in [-0.39, 0.29) is 23.7 Å². The lowest BCUT2D eigenvalue weighted by atomic mass is 10.1. The number of aliphatic hydroxyl groups excluding tert-OH is 2. The van der Waals surface area contributed by atoms with Gasteiger partial charge in [-0.25, -0.2) is 9.69 Å². The van der Waals surface area contributed by atoms with Crippen molar-refractivity contribution < 1.29 is 19.7 Å². The summed E-state index contributed by atoms with van der Waals surface area (Å²) >= 11 is 6.02. The van der Waals surface area contributed by atoms with Crippen molar-refractivity contribution in [1.82, 2.24) is 0 Å². The van der Waals surface area contributed by atoms with Crippen LogP contribution in [0.4, 0.5) is 21.4 Å². The quantitative estimate of drug-likeness (QED) is 0.158. The summed E-state index contributed by atoms with van der Waals surface area (Å²) in [7, 11) is 0. The van der Waals surface area contributed by atoms with Crippen molar-refractivity contribution in [2.24, 2.45) is 0 Å². The summed E-state index contributed by atoms with van der Waals surface area (Å²) in [5, 5.41) is 27.7. The molecule has 2 aliphatic rings. The molecule has 2 saturated heterocycles. The number of hydrogen-bond acceptors (Lipinski definition) is 10. The standard InChI is InChI=1S/C17H18N2O2S2.C15H14N2O2S2/c1-10-8-19(9-11(2)21-10)17-15(18-4)14(13-6-5-7-22-13)16(23-17)12(3)20;1-10(18)14-12(11-3-8-20-9-11)13(16-2)15(21-14)17-4-6-19-7-5-17/h5-7,10-11,20H,3,8-9H2,1-2H3;3,8-9,18H,1,4-7H2. The molecule has 4 aromatic rings. The topological polar surface area (TPSA) is 74.1 Å². The van der Waals surface area contributed by atoms with Gasteiger partial charge >= 0.3 is 0 Å². The van der Waals surface area contributed by atoms with E-state index in [1.54, 1.807) is 22.7 Å². The van der Waals surface area contributed by atoms with Gasteiger partial charge in [-0.2, -0.15) is 11.3 Å². The molecule has 0 amide bonds. The highest BCUT2D eigenvalue weighted by molar-refractivity contribution is 7.20. The van der Waals surface area contributed by atoms with E-state index in [9.17, 15) is 10.2 Å². The molecule has 0 aliphatic carbocycles. The molecule has 2 atom stereocenters. The smallest absolute Gasteiger partial charge is 0.229 e. The highest BCUT2D eigenvalue weighted by atomic mass is 32.1. The van der Waals surface area contributed by atoms with Crippen LogP contribution < -0.4 is 9.80 Å². The summed E-state index contributed by atoms with van der Waals surface area (Å²) < 4.78 is 11.2. The Hall–Kier alpha value is -3.62. The fourth-order valence-corrected chi connectivity index (χ4v) is 9.11. The molecule has 2 aliphatic heterocycles. The first kappa shape index (κ1) is 31.8. The molecule has 2 N–H and O–H groups in total. The Morgan fingerprint density at radius 1 is 0.886 bits per heavy atom. The Balaban J connectivity index is 0.000000175. The first-order valence-electron chi connectivity index (χ1n) is 13.9. The molecule has 6 rings (SSSR count). The van der Waals surface area contributed by atoms with Gasteiger partial charge in [0.25, 0.3) is 0 Å². The van der Waals surface area contributed by atoms with Crippen LogP contribution in [-0.2, 0) is 9.47 Å². The summed E-state index contributed by atoms with van der Waals surface area (Å²) in [5.41, 5.74) is 3.76. The summed E-state index contributed by atoms with van der Waals surface area (Å²) in [6.07, 6.45) is 0.232. The number of anilines is 2. The number of nitrogens with zero attached hydrogens (tertiary/aromatic N) is 4. The van der Waals surface area contributed by atoms with E-state index in [0.29, 0.717) is 34.3 Å². The Morgan fingerprint density at radius 3 is 2.00 bits per heavy atom. The molecule has 0 spiro atoms. The first-order valence-corrected chi connectivity index (χ1v) is 17.3. The molecule has 4 aromatic heterocycles. The average molecular weight is 665 g/mol. The molecular weight excluding hydrogens is 633 g/mol. The average Bonchev–Trinajstić information content (AvgIpc) is 3.82. The lowest BCUT2D eigenvalue weighted by molar-refractivity contribution is -0.00496. The third-order valence-corrected chi connectivity index (χ3v) is 11.2. The maximum atomic E-state index is 10.0. The molecule has 6 heterocycles. The third-order valence-electron chi connectivity index (χ3n) is 7.06. The van der Waals surface area contributed by atoms with E-state index in [1.165, 1.54) is 22.7 Å². The van der Waals surface area contributed by atoms with E-state index >= 15 is 0 Å². The second-order valence-electron chi connectivity index (χ2n) is 10.3. The summed E-state index contributed by atoms with van der Waals surface area (Å²) in [6.45, 7) is 31.0. The van der Waals surface area contributed by atoms with Crippen molar-refractivity contribution in [3.63, 3.8) is 0 Å². The molecule has 2 unspecified atom stereocenters. The number of aliphatic hydroxyl groups is 2. The molecule has 12 heteroatoms.